The van der Waals surface area contributed by atoms with Crippen molar-refractivity contribution in [1.29, 1.82) is 0 Å². The number of hydrogen-bond donors (Lipinski definition) is 0. The fraction of sp³-hybridized carbons (Fsp3) is 0.0714. The summed E-state index contributed by atoms with van der Waals surface area (Å²) in [4.78, 5) is 20.7. The Morgan fingerprint density at radius 1 is 1.20 bits per heavy atom. The summed E-state index contributed by atoms with van der Waals surface area (Å²) in [6, 6.07) is 11.2. The quantitative estimate of drug-likeness (QED) is 0.474. The topological polar surface area (TPSA) is 69.4 Å². The molecule has 2 aromatic rings. The highest BCUT2D eigenvalue weighted by Crippen LogP contribution is 2.24. The minimum absolute atomic E-state index is 0.0240. The lowest BCUT2D eigenvalue weighted by molar-refractivity contribution is -0.384. The third-order valence-corrected chi connectivity index (χ3v) is 3.40. The maximum absolute atomic E-state index is 10.6. The number of halogens is 1. The molecule has 2 rings (SSSR count). The molecule has 0 heterocycles. The third kappa shape index (κ3) is 3.42. The normalized spacial score (nSPS) is 10.1. The molecule has 102 valence electrons. The highest BCUT2D eigenvalue weighted by atomic mass is 79.9. The predicted octanol–water partition coefficient (Wildman–Crippen LogP) is 3.75. The first kappa shape index (κ1) is 14.2. The number of hydrogen-bond acceptors (Lipinski definition) is 4. The summed E-state index contributed by atoms with van der Waals surface area (Å²) in [5.74, 6) is 0.626. The van der Waals surface area contributed by atoms with Crippen LogP contribution in [0, 0.1) is 10.1 Å². The Morgan fingerprint density at radius 3 is 2.45 bits per heavy atom. The maximum atomic E-state index is 10.6. The zero-order chi connectivity index (χ0) is 14.5. The van der Waals surface area contributed by atoms with E-state index in [4.69, 9.17) is 4.74 Å². The number of ether oxygens (including phenoxy) is 1. The van der Waals surface area contributed by atoms with Crippen LogP contribution in [0.4, 0.5) is 5.69 Å². The van der Waals surface area contributed by atoms with Gasteiger partial charge in [-0.05, 0) is 30.3 Å². The van der Waals surface area contributed by atoms with Crippen molar-refractivity contribution in [2.24, 2.45) is 0 Å². The number of carbonyl (C=O) groups is 1. The summed E-state index contributed by atoms with van der Waals surface area (Å²) < 4.78 is 6.18. The number of nitro groups is 1. The number of nitro benzene ring substituents is 1. The fourth-order valence-corrected chi connectivity index (χ4v) is 2.05. The van der Waals surface area contributed by atoms with Gasteiger partial charge in [0.2, 0.25) is 0 Å². The molecule has 0 amide bonds. The van der Waals surface area contributed by atoms with Crippen molar-refractivity contribution >= 4 is 27.9 Å². The average molecular weight is 336 g/mol. The fourth-order valence-electron chi connectivity index (χ4n) is 1.57. The van der Waals surface area contributed by atoms with Crippen LogP contribution in [0.15, 0.2) is 46.9 Å². The van der Waals surface area contributed by atoms with E-state index >= 15 is 0 Å². The van der Waals surface area contributed by atoms with Gasteiger partial charge in [0, 0.05) is 27.7 Å². The van der Waals surface area contributed by atoms with E-state index in [1.54, 1.807) is 30.3 Å². The Balaban J connectivity index is 2.06. The van der Waals surface area contributed by atoms with Crippen LogP contribution in [-0.2, 0) is 6.61 Å². The van der Waals surface area contributed by atoms with Crippen molar-refractivity contribution in [3.63, 3.8) is 0 Å². The number of non-ortho nitro benzene ring substituents is 1. The molecule has 0 radical (unpaired) electrons. The summed E-state index contributed by atoms with van der Waals surface area (Å²) in [5, 5.41) is 10.6. The first-order chi connectivity index (χ1) is 9.60. The summed E-state index contributed by atoms with van der Waals surface area (Å²) in [7, 11) is 0. The molecule has 20 heavy (non-hydrogen) atoms. The minimum Gasteiger partial charge on any atom is -0.489 e. The zero-order valence-corrected chi connectivity index (χ0v) is 11.9. The average Bonchev–Trinajstić information content (AvgIpc) is 2.46. The second kappa shape index (κ2) is 6.29. The van der Waals surface area contributed by atoms with Gasteiger partial charge in [0.15, 0.2) is 0 Å². The van der Waals surface area contributed by atoms with Crippen LogP contribution in [0.25, 0.3) is 0 Å². The standard InChI is InChI=1S/C14H10BrNO4/c15-14-7-12(16(18)19)4-3-11(14)9-20-13-5-1-10(8-17)2-6-13/h1-8H,9H2. The Morgan fingerprint density at radius 2 is 1.90 bits per heavy atom. The van der Waals surface area contributed by atoms with Crippen LogP contribution in [0.2, 0.25) is 0 Å². The van der Waals surface area contributed by atoms with Crippen molar-refractivity contribution in [1.82, 2.24) is 0 Å². The molecule has 0 bridgehead atoms. The molecule has 0 aliphatic carbocycles. The van der Waals surface area contributed by atoms with Gasteiger partial charge in [0.1, 0.15) is 18.6 Å². The van der Waals surface area contributed by atoms with E-state index in [1.165, 1.54) is 12.1 Å². The Bertz CT molecular complexity index is 640. The van der Waals surface area contributed by atoms with E-state index < -0.39 is 4.92 Å². The molecule has 0 aliphatic rings. The summed E-state index contributed by atoms with van der Waals surface area (Å²) in [6.07, 6.45) is 0.761. The molecule has 0 spiro atoms. The second-order valence-electron chi connectivity index (χ2n) is 4.01. The Kier molecular flexibility index (Phi) is 4.47. The van der Waals surface area contributed by atoms with E-state index in [1.807, 2.05) is 0 Å². The SMILES string of the molecule is O=Cc1ccc(OCc2ccc([N+](=O)[O-])cc2Br)cc1. The Labute approximate surface area is 123 Å². The van der Waals surface area contributed by atoms with Crippen LogP contribution in [-0.4, -0.2) is 11.2 Å². The molecule has 0 saturated heterocycles. The van der Waals surface area contributed by atoms with Crippen molar-refractivity contribution in [2.75, 3.05) is 0 Å². The monoisotopic (exact) mass is 335 g/mol. The number of rotatable bonds is 5. The molecular formula is C14H10BrNO4. The molecule has 0 aromatic heterocycles. The molecule has 0 aliphatic heterocycles. The van der Waals surface area contributed by atoms with Gasteiger partial charge in [-0.25, -0.2) is 0 Å². The smallest absolute Gasteiger partial charge is 0.270 e. The van der Waals surface area contributed by atoms with E-state index in [0.717, 1.165) is 11.8 Å². The second-order valence-corrected chi connectivity index (χ2v) is 4.86. The van der Waals surface area contributed by atoms with Crippen LogP contribution in [0.3, 0.4) is 0 Å². The van der Waals surface area contributed by atoms with Gasteiger partial charge in [0.05, 0.1) is 4.92 Å². The Hall–Kier alpha value is -2.21. The summed E-state index contributed by atoms with van der Waals surface area (Å²) >= 11 is 3.28. The lowest BCUT2D eigenvalue weighted by Crippen LogP contribution is -1.97. The molecule has 0 saturated carbocycles. The lowest BCUT2D eigenvalue weighted by atomic mass is 10.2. The van der Waals surface area contributed by atoms with Crippen molar-refractivity contribution < 1.29 is 14.5 Å². The molecule has 0 atom stereocenters. The zero-order valence-electron chi connectivity index (χ0n) is 10.3. The van der Waals surface area contributed by atoms with E-state index in [9.17, 15) is 14.9 Å². The van der Waals surface area contributed by atoms with Crippen molar-refractivity contribution in [3.05, 3.63) is 68.2 Å². The first-order valence-corrected chi connectivity index (χ1v) is 6.50. The first-order valence-electron chi connectivity index (χ1n) is 5.71. The molecular weight excluding hydrogens is 326 g/mol. The van der Waals surface area contributed by atoms with E-state index in [0.29, 0.717) is 15.8 Å². The van der Waals surface area contributed by atoms with E-state index in [2.05, 4.69) is 15.9 Å². The van der Waals surface area contributed by atoms with Gasteiger partial charge in [-0.15, -0.1) is 0 Å². The van der Waals surface area contributed by atoms with Gasteiger partial charge >= 0.3 is 0 Å². The molecule has 0 unspecified atom stereocenters. The number of aldehydes is 1. The van der Waals surface area contributed by atoms with Crippen LogP contribution in [0.1, 0.15) is 15.9 Å². The number of nitrogens with zero attached hydrogens (tertiary/aromatic N) is 1. The van der Waals surface area contributed by atoms with Gasteiger partial charge in [0.25, 0.3) is 5.69 Å². The molecule has 5 nitrogen and oxygen atoms in total. The molecule has 0 fully saturated rings. The summed E-state index contributed by atoms with van der Waals surface area (Å²) in [5.41, 5.74) is 1.40. The van der Waals surface area contributed by atoms with Crippen LogP contribution in [0.5, 0.6) is 5.75 Å². The molecule has 2 aromatic carbocycles. The predicted molar refractivity (Wildman–Crippen MR) is 77.0 cm³/mol. The highest BCUT2D eigenvalue weighted by molar-refractivity contribution is 9.10. The van der Waals surface area contributed by atoms with Gasteiger partial charge < -0.3 is 4.74 Å². The lowest BCUT2D eigenvalue weighted by Gasteiger charge is -2.08. The van der Waals surface area contributed by atoms with Gasteiger partial charge in [-0.2, -0.15) is 0 Å². The van der Waals surface area contributed by atoms with Gasteiger partial charge in [-0.3, -0.25) is 14.9 Å². The molecule has 6 heteroatoms. The van der Waals surface area contributed by atoms with Crippen LogP contribution >= 0.6 is 15.9 Å². The maximum Gasteiger partial charge on any atom is 0.270 e. The third-order valence-electron chi connectivity index (χ3n) is 2.66. The van der Waals surface area contributed by atoms with E-state index in [-0.39, 0.29) is 12.3 Å². The van der Waals surface area contributed by atoms with Crippen molar-refractivity contribution in [3.8, 4) is 5.75 Å². The highest BCUT2D eigenvalue weighted by Gasteiger charge is 2.09. The number of carbonyl (C=O) groups excluding carboxylic acids is 1. The summed E-state index contributed by atoms with van der Waals surface area (Å²) in [6.45, 7) is 0.277. The number of benzene rings is 2. The van der Waals surface area contributed by atoms with Crippen LogP contribution < -0.4 is 4.74 Å². The largest absolute Gasteiger partial charge is 0.489 e. The van der Waals surface area contributed by atoms with Gasteiger partial charge in [-0.1, -0.05) is 15.9 Å². The van der Waals surface area contributed by atoms with Crippen molar-refractivity contribution in [2.45, 2.75) is 6.61 Å². The minimum atomic E-state index is -0.451. The molecule has 0 N–H and O–H groups in total.